The maximum atomic E-state index is 2.23. The molecule has 2 heteroatoms. The van der Waals surface area contributed by atoms with Gasteiger partial charge in [0.15, 0.2) is 0 Å². The number of unbranched alkanes of at least 4 members (excludes halogenated alkanes) is 1. The van der Waals surface area contributed by atoms with Gasteiger partial charge in [0.2, 0.25) is 0 Å². The van der Waals surface area contributed by atoms with Gasteiger partial charge in [0.05, 0.1) is 27.7 Å². The molecule has 0 atom stereocenters. The van der Waals surface area contributed by atoms with Crippen LogP contribution < -0.4 is 0 Å². The number of nitrogens with zero attached hydrogens (tertiary/aromatic N) is 1. The van der Waals surface area contributed by atoms with Crippen LogP contribution in [-0.2, 0) is 0 Å². The van der Waals surface area contributed by atoms with E-state index in [0.29, 0.717) is 0 Å². The molecule has 0 fully saturated rings. The van der Waals surface area contributed by atoms with Crippen molar-refractivity contribution in [3.63, 3.8) is 0 Å². The van der Waals surface area contributed by atoms with Gasteiger partial charge in [-0.25, -0.2) is 0 Å². The van der Waals surface area contributed by atoms with Gasteiger partial charge in [-0.15, -0.1) is 0 Å². The van der Waals surface area contributed by atoms with Crippen molar-refractivity contribution >= 4 is 17.6 Å². The SMILES string of the molecule is CCCC[N+](C)(C)C.[GeH4]. The molecule has 0 heterocycles. The van der Waals surface area contributed by atoms with Crippen LogP contribution in [0.15, 0.2) is 0 Å². The third-order valence-corrected chi connectivity index (χ3v) is 1.18. The molecule has 0 amide bonds. The Morgan fingerprint density at radius 1 is 1.11 bits per heavy atom. The van der Waals surface area contributed by atoms with E-state index in [1.807, 2.05) is 0 Å². The Balaban J connectivity index is 0. The zero-order valence-corrected chi connectivity index (χ0v) is 6.57. The molecule has 0 aromatic heterocycles. The van der Waals surface area contributed by atoms with E-state index < -0.39 is 0 Å². The Morgan fingerprint density at radius 2 is 1.56 bits per heavy atom. The molecule has 0 radical (unpaired) electrons. The summed E-state index contributed by atoms with van der Waals surface area (Å²) in [7, 11) is 6.70. The summed E-state index contributed by atoms with van der Waals surface area (Å²) >= 11 is 0. The first-order valence-corrected chi connectivity index (χ1v) is 3.36. The average Bonchev–Trinajstić information content (AvgIpc) is 1.59. The van der Waals surface area contributed by atoms with Gasteiger partial charge in [0.1, 0.15) is 0 Å². The summed E-state index contributed by atoms with van der Waals surface area (Å²) in [6.07, 6.45) is 2.67. The summed E-state index contributed by atoms with van der Waals surface area (Å²) in [4.78, 5) is 0. The molecule has 58 valence electrons. The fourth-order valence-corrected chi connectivity index (χ4v) is 0.632. The Kier molecular flexibility index (Phi) is 7.19. The van der Waals surface area contributed by atoms with E-state index in [4.69, 9.17) is 0 Å². The predicted octanol–water partition coefficient (Wildman–Crippen LogP) is 0.0411. The number of quaternary nitrogens is 1. The van der Waals surface area contributed by atoms with Gasteiger partial charge >= 0.3 is 17.6 Å². The minimum absolute atomic E-state index is 0. The van der Waals surface area contributed by atoms with E-state index in [9.17, 15) is 0 Å². The van der Waals surface area contributed by atoms with Gasteiger partial charge in [-0.3, -0.25) is 0 Å². The Labute approximate surface area is 70.0 Å². The van der Waals surface area contributed by atoms with E-state index in [-0.39, 0.29) is 17.6 Å². The normalized spacial score (nSPS) is 10.7. The van der Waals surface area contributed by atoms with Crippen LogP contribution in [-0.4, -0.2) is 49.8 Å². The van der Waals surface area contributed by atoms with Gasteiger partial charge < -0.3 is 4.48 Å². The Bertz CT molecular complexity index is 56.4. The Hall–Kier alpha value is 0.503. The van der Waals surface area contributed by atoms with E-state index in [1.54, 1.807) is 0 Å². The quantitative estimate of drug-likeness (QED) is 0.438. The zero-order chi connectivity index (χ0) is 6.62. The van der Waals surface area contributed by atoms with Crippen LogP contribution in [0.4, 0.5) is 0 Å². The van der Waals surface area contributed by atoms with Crippen molar-refractivity contribution in [1.82, 2.24) is 0 Å². The standard InChI is InChI=1S/C7H18N.GeH4/c1-5-6-7-8(2,3)4;/h5-7H2,1-4H3;1H4/q+1;. The zero-order valence-electron chi connectivity index (χ0n) is 6.57. The third kappa shape index (κ3) is 11.9. The summed E-state index contributed by atoms with van der Waals surface area (Å²) in [6, 6.07) is 0. The number of hydrogen-bond donors (Lipinski definition) is 0. The molecule has 9 heavy (non-hydrogen) atoms. The van der Waals surface area contributed by atoms with Gasteiger partial charge in [-0.2, -0.15) is 0 Å². The second-order valence-corrected chi connectivity index (χ2v) is 3.37. The van der Waals surface area contributed by atoms with Crippen molar-refractivity contribution in [2.24, 2.45) is 0 Å². The van der Waals surface area contributed by atoms with Crippen LogP contribution in [0.1, 0.15) is 19.8 Å². The van der Waals surface area contributed by atoms with Crippen LogP contribution in [0.3, 0.4) is 0 Å². The second-order valence-electron chi connectivity index (χ2n) is 3.37. The average molecular weight is 193 g/mol. The Morgan fingerprint density at radius 3 is 1.67 bits per heavy atom. The van der Waals surface area contributed by atoms with Gasteiger partial charge in [0, 0.05) is 0 Å². The van der Waals surface area contributed by atoms with E-state index in [2.05, 4.69) is 28.1 Å². The molecule has 0 aliphatic rings. The van der Waals surface area contributed by atoms with E-state index >= 15 is 0 Å². The molecule has 0 rings (SSSR count). The van der Waals surface area contributed by atoms with Gasteiger partial charge in [0.25, 0.3) is 0 Å². The van der Waals surface area contributed by atoms with Gasteiger partial charge in [-0.1, -0.05) is 13.3 Å². The second kappa shape index (κ2) is 5.30. The summed E-state index contributed by atoms with van der Waals surface area (Å²) in [6.45, 7) is 3.53. The fourth-order valence-electron chi connectivity index (χ4n) is 0.632. The van der Waals surface area contributed by atoms with Crippen molar-refractivity contribution in [3.8, 4) is 0 Å². The molecule has 0 N–H and O–H groups in total. The first kappa shape index (κ1) is 12.2. The van der Waals surface area contributed by atoms with Crippen molar-refractivity contribution in [3.05, 3.63) is 0 Å². The van der Waals surface area contributed by atoms with Crippen LogP contribution in [0.25, 0.3) is 0 Å². The number of hydrogen-bond acceptors (Lipinski definition) is 0. The molecule has 0 saturated heterocycles. The molecule has 1 nitrogen and oxygen atoms in total. The van der Waals surface area contributed by atoms with Crippen molar-refractivity contribution in [1.29, 1.82) is 0 Å². The third-order valence-electron chi connectivity index (χ3n) is 1.18. The maximum absolute atomic E-state index is 2.23. The summed E-state index contributed by atoms with van der Waals surface area (Å²) in [5.41, 5.74) is 0. The monoisotopic (exact) mass is 194 g/mol. The molecular formula is C7H22GeN+. The van der Waals surface area contributed by atoms with Crippen molar-refractivity contribution in [2.75, 3.05) is 27.7 Å². The molecule has 0 bridgehead atoms. The molecule has 0 aromatic carbocycles. The predicted molar refractivity (Wildman–Crippen MR) is 49.1 cm³/mol. The molecule has 0 aliphatic heterocycles. The number of rotatable bonds is 3. The molecule has 0 aromatic rings. The molecule has 0 unspecified atom stereocenters. The molecular weight excluding hydrogens is 171 g/mol. The van der Waals surface area contributed by atoms with Crippen molar-refractivity contribution < 1.29 is 4.48 Å². The summed E-state index contributed by atoms with van der Waals surface area (Å²) in [5.74, 6) is 0. The minimum atomic E-state index is 0. The van der Waals surface area contributed by atoms with Gasteiger partial charge in [-0.05, 0) is 6.42 Å². The van der Waals surface area contributed by atoms with E-state index in [0.717, 1.165) is 4.48 Å². The van der Waals surface area contributed by atoms with E-state index in [1.165, 1.54) is 19.4 Å². The van der Waals surface area contributed by atoms with Crippen LogP contribution in [0.2, 0.25) is 0 Å². The molecule has 0 saturated carbocycles. The van der Waals surface area contributed by atoms with Crippen LogP contribution in [0.5, 0.6) is 0 Å². The van der Waals surface area contributed by atoms with Crippen molar-refractivity contribution in [2.45, 2.75) is 19.8 Å². The van der Waals surface area contributed by atoms with Crippen LogP contribution in [0, 0.1) is 0 Å². The molecule has 0 aliphatic carbocycles. The topological polar surface area (TPSA) is 0 Å². The first-order chi connectivity index (χ1) is 3.56. The fraction of sp³-hybridized carbons (Fsp3) is 1.00. The summed E-state index contributed by atoms with van der Waals surface area (Å²) in [5, 5.41) is 0. The first-order valence-electron chi connectivity index (χ1n) is 3.36. The van der Waals surface area contributed by atoms with Crippen LogP contribution >= 0.6 is 0 Å². The summed E-state index contributed by atoms with van der Waals surface area (Å²) < 4.78 is 1.10. The molecule has 0 spiro atoms.